The van der Waals surface area contributed by atoms with Crippen molar-refractivity contribution in [2.75, 3.05) is 19.5 Å². The second kappa shape index (κ2) is 6.56. The van der Waals surface area contributed by atoms with Crippen LogP contribution in [0.1, 0.15) is 6.42 Å². The van der Waals surface area contributed by atoms with E-state index in [0.717, 1.165) is 27.5 Å². The van der Waals surface area contributed by atoms with E-state index in [4.69, 9.17) is 4.74 Å². The minimum atomic E-state index is 0.803. The lowest BCUT2D eigenvalue weighted by Gasteiger charge is -1.98. The molecule has 0 bridgehead atoms. The Morgan fingerprint density at radius 3 is 2.77 bits per heavy atom. The van der Waals surface area contributed by atoms with Crippen molar-refractivity contribution >= 4 is 34.4 Å². The molecule has 1 aromatic rings. The summed E-state index contributed by atoms with van der Waals surface area (Å²) < 4.78 is 6.01. The fraction of sp³-hybridized carbons (Fsp3) is 0.500. The first-order valence-corrected chi connectivity index (χ1v) is 5.98. The van der Waals surface area contributed by atoms with Gasteiger partial charge in [-0.1, -0.05) is 11.8 Å². The quantitative estimate of drug-likeness (QED) is 0.361. The number of methoxy groups -OCH3 is 1. The second-order valence-corrected chi connectivity index (χ2v) is 4.69. The van der Waals surface area contributed by atoms with Gasteiger partial charge in [-0.25, -0.2) is 9.97 Å². The monoisotopic (exact) mass is 310 g/mol. The highest BCUT2D eigenvalue weighted by molar-refractivity contribution is 14.1. The van der Waals surface area contributed by atoms with Gasteiger partial charge in [-0.15, -0.1) is 0 Å². The van der Waals surface area contributed by atoms with Gasteiger partial charge in [-0.3, -0.25) is 0 Å². The summed E-state index contributed by atoms with van der Waals surface area (Å²) in [5, 5.41) is 0.844. The van der Waals surface area contributed by atoms with Crippen LogP contribution in [0.2, 0.25) is 0 Å². The topological polar surface area (TPSA) is 35.0 Å². The first kappa shape index (κ1) is 11.2. The number of nitrogens with zero attached hydrogens (tertiary/aromatic N) is 2. The van der Waals surface area contributed by atoms with Crippen LogP contribution in [0.25, 0.3) is 0 Å². The van der Waals surface area contributed by atoms with Gasteiger partial charge in [0, 0.05) is 35.4 Å². The van der Waals surface area contributed by atoms with E-state index < -0.39 is 0 Å². The molecule has 0 saturated carbocycles. The Bertz CT molecular complexity index is 242. The molecule has 0 fully saturated rings. The van der Waals surface area contributed by atoms with E-state index >= 15 is 0 Å². The third kappa shape index (κ3) is 4.78. The molecular weight excluding hydrogens is 299 g/mol. The Morgan fingerprint density at radius 2 is 2.15 bits per heavy atom. The smallest absolute Gasteiger partial charge is 0.187 e. The summed E-state index contributed by atoms with van der Waals surface area (Å²) in [5.41, 5.74) is 0. The number of hydrogen-bond donors (Lipinski definition) is 0. The van der Waals surface area contributed by atoms with Crippen molar-refractivity contribution in [1.82, 2.24) is 9.97 Å². The van der Waals surface area contributed by atoms with Crippen LogP contribution in [-0.2, 0) is 4.74 Å². The van der Waals surface area contributed by atoms with Crippen LogP contribution in [-0.4, -0.2) is 29.4 Å². The van der Waals surface area contributed by atoms with Gasteiger partial charge in [0.1, 0.15) is 0 Å². The average molecular weight is 310 g/mol. The fourth-order valence-electron chi connectivity index (χ4n) is 0.742. The first-order valence-electron chi connectivity index (χ1n) is 3.92. The van der Waals surface area contributed by atoms with E-state index in [1.54, 1.807) is 18.9 Å². The predicted octanol–water partition coefficient (Wildman–Crippen LogP) is 2.21. The second-order valence-electron chi connectivity index (χ2n) is 2.38. The van der Waals surface area contributed by atoms with Crippen molar-refractivity contribution in [2.24, 2.45) is 0 Å². The molecule has 0 aliphatic heterocycles. The maximum absolute atomic E-state index is 4.94. The maximum atomic E-state index is 4.94. The van der Waals surface area contributed by atoms with Crippen LogP contribution in [0.4, 0.5) is 0 Å². The van der Waals surface area contributed by atoms with E-state index in [1.165, 1.54) is 0 Å². The van der Waals surface area contributed by atoms with Crippen molar-refractivity contribution in [3.05, 3.63) is 16.0 Å². The Labute approximate surface area is 95.8 Å². The highest BCUT2D eigenvalue weighted by Crippen LogP contribution is 2.13. The third-order valence-corrected chi connectivity index (χ3v) is 2.84. The van der Waals surface area contributed by atoms with Crippen molar-refractivity contribution in [3.8, 4) is 0 Å². The van der Waals surface area contributed by atoms with E-state index in [2.05, 4.69) is 32.6 Å². The summed E-state index contributed by atoms with van der Waals surface area (Å²) in [6, 6.07) is 0. The molecule has 1 heterocycles. The molecule has 13 heavy (non-hydrogen) atoms. The molecule has 72 valence electrons. The number of ether oxygens (including phenoxy) is 1. The van der Waals surface area contributed by atoms with Crippen LogP contribution < -0.4 is 0 Å². The van der Waals surface area contributed by atoms with E-state index in [9.17, 15) is 0 Å². The Morgan fingerprint density at radius 1 is 1.46 bits per heavy atom. The highest BCUT2D eigenvalue weighted by Gasteiger charge is 1.96. The zero-order valence-electron chi connectivity index (χ0n) is 7.36. The van der Waals surface area contributed by atoms with Crippen molar-refractivity contribution in [1.29, 1.82) is 0 Å². The van der Waals surface area contributed by atoms with Crippen LogP contribution in [0, 0.1) is 3.57 Å². The molecule has 0 aliphatic rings. The summed E-state index contributed by atoms with van der Waals surface area (Å²) in [6.45, 7) is 0.803. The molecular formula is C8H11IN2OS. The van der Waals surface area contributed by atoms with Crippen LogP contribution in [0.5, 0.6) is 0 Å². The van der Waals surface area contributed by atoms with E-state index in [-0.39, 0.29) is 0 Å². The zero-order valence-corrected chi connectivity index (χ0v) is 10.3. The molecule has 0 unspecified atom stereocenters. The molecule has 0 saturated heterocycles. The molecule has 0 amide bonds. The van der Waals surface area contributed by atoms with Crippen LogP contribution >= 0.6 is 34.4 Å². The zero-order chi connectivity index (χ0) is 9.52. The lowest BCUT2D eigenvalue weighted by molar-refractivity contribution is 0.200. The normalized spacial score (nSPS) is 10.3. The maximum Gasteiger partial charge on any atom is 0.187 e. The summed E-state index contributed by atoms with van der Waals surface area (Å²) >= 11 is 3.86. The van der Waals surface area contributed by atoms with Gasteiger partial charge in [-0.2, -0.15) is 0 Å². The number of thioether (sulfide) groups is 1. The van der Waals surface area contributed by atoms with Crippen molar-refractivity contribution in [3.63, 3.8) is 0 Å². The molecule has 1 rings (SSSR count). The Balaban J connectivity index is 2.25. The lowest BCUT2D eigenvalue weighted by Crippen LogP contribution is -1.92. The van der Waals surface area contributed by atoms with Crippen molar-refractivity contribution < 1.29 is 4.74 Å². The molecule has 3 nitrogen and oxygen atoms in total. The highest BCUT2D eigenvalue weighted by atomic mass is 127. The van der Waals surface area contributed by atoms with Gasteiger partial charge in [0.05, 0.1) is 0 Å². The minimum Gasteiger partial charge on any atom is -0.385 e. The fourth-order valence-corrected chi connectivity index (χ4v) is 1.72. The molecule has 0 aromatic carbocycles. The van der Waals surface area contributed by atoms with Gasteiger partial charge in [-0.05, 0) is 29.0 Å². The van der Waals surface area contributed by atoms with Crippen LogP contribution in [0.15, 0.2) is 17.6 Å². The summed E-state index contributed by atoms with van der Waals surface area (Å²) in [7, 11) is 1.71. The molecule has 0 N–H and O–H groups in total. The summed E-state index contributed by atoms with van der Waals surface area (Å²) in [4.78, 5) is 8.36. The molecule has 5 heteroatoms. The predicted molar refractivity (Wildman–Crippen MR) is 62.0 cm³/mol. The Kier molecular flexibility index (Phi) is 5.65. The van der Waals surface area contributed by atoms with Gasteiger partial charge in [0.25, 0.3) is 0 Å². The molecule has 0 aliphatic carbocycles. The number of rotatable bonds is 5. The molecule has 1 aromatic heterocycles. The summed E-state index contributed by atoms with van der Waals surface area (Å²) in [6.07, 6.45) is 4.69. The molecule has 0 spiro atoms. The van der Waals surface area contributed by atoms with Gasteiger partial charge in [0.15, 0.2) is 5.16 Å². The van der Waals surface area contributed by atoms with Gasteiger partial charge in [0.2, 0.25) is 0 Å². The van der Waals surface area contributed by atoms with Gasteiger partial charge >= 0.3 is 0 Å². The SMILES string of the molecule is COCCCSc1ncc(I)cn1. The standard InChI is InChI=1S/C8H11IN2OS/c1-12-3-2-4-13-8-10-5-7(9)6-11-8/h5-6H,2-4H2,1H3. The van der Waals surface area contributed by atoms with E-state index in [0.29, 0.717) is 0 Å². The average Bonchev–Trinajstić information content (AvgIpc) is 2.15. The lowest BCUT2D eigenvalue weighted by atomic mass is 10.5. The number of halogens is 1. The van der Waals surface area contributed by atoms with E-state index in [1.807, 2.05) is 12.4 Å². The number of aromatic nitrogens is 2. The third-order valence-electron chi connectivity index (χ3n) is 1.32. The minimum absolute atomic E-state index is 0.803. The van der Waals surface area contributed by atoms with Crippen LogP contribution in [0.3, 0.4) is 0 Å². The summed E-state index contributed by atoms with van der Waals surface area (Å²) in [5.74, 6) is 1.01. The molecule has 0 atom stereocenters. The molecule has 0 radical (unpaired) electrons. The largest absolute Gasteiger partial charge is 0.385 e. The number of hydrogen-bond acceptors (Lipinski definition) is 4. The first-order chi connectivity index (χ1) is 6.33. The van der Waals surface area contributed by atoms with Crippen molar-refractivity contribution in [2.45, 2.75) is 11.6 Å². The Hall–Kier alpha value is 0.120. The van der Waals surface area contributed by atoms with Gasteiger partial charge < -0.3 is 4.74 Å².